The zero-order chi connectivity index (χ0) is 33.4. The third-order valence-electron chi connectivity index (χ3n) is 10.1. The van der Waals surface area contributed by atoms with Gasteiger partial charge in [0, 0.05) is 25.2 Å². The molecule has 5 rings (SSSR count). The van der Waals surface area contributed by atoms with Gasteiger partial charge in [-0.05, 0) is 62.2 Å². The van der Waals surface area contributed by atoms with Crippen molar-refractivity contribution in [1.29, 1.82) is 0 Å². The molecule has 2 N–H and O–H groups in total. The minimum atomic E-state index is -1.74. The van der Waals surface area contributed by atoms with E-state index in [2.05, 4.69) is 64.9 Å². The Labute approximate surface area is 274 Å². The molecule has 0 aromatic carbocycles. The first-order valence-corrected chi connectivity index (χ1v) is 16.8. The molecule has 2 bridgehead atoms. The maximum Gasteiger partial charge on any atom is 0.316 e. The van der Waals surface area contributed by atoms with E-state index in [1.54, 1.807) is 20.1 Å². The van der Waals surface area contributed by atoms with Crippen LogP contribution in [0.3, 0.4) is 0 Å². The summed E-state index contributed by atoms with van der Waals surface area (Å²) in [6, 6.07) is 0. The molecular weight excluding hydrogens is 586 g/mol. The molecule has 1 spiro atoms. The number of allylic oxidation sites excluding steroid dienone is 5. The van der Waals surface area contributed by atoms with Crippen LogP contribution in [-0.2, 0) is 28.6 Å². The largest absolute Gasteiger partial charge is 0.462 e. The predicted octanol–water partition coefficient (Wildman–Crippen LogP) is 5.73. The number of carbonyl (C=O) groups excluding carboxylic acids is 1. The van der Waals surface area contributed by atoms with Crippen LogP contribution in [0, 0.1) is 23.7 Å². The number of esters is 1. The number of fused-ring (bicyclic) bond motifs is 2. The van der Waals surface area contributed by atoms with Crippen LogP contribution >= 0.6 is 0 Å². The fourth-order valence-electron chi connectivity index (χ4n) is 7.94. The van der Waals surface area contributed by atoms with Crippen LogP contribution in [0.25, 0.3) is 0 Å². The summed E-state index contributed by atoms with van der Waals surface area (Å²) in [5.74, 6) is -2.15. The van der Waals surface area contributed by atoms with E-state index in [4.69, 9.17) is 23.8 Å². The number of aliphatic hydroxyl groups is 2. The van der Waals surface area contributed by atoms with Crippen LogP contribution in [-0.4, -0.2) is 77.5 Å². The van der Waals surface area contributed by atoms with Gasteiger partial charge in [-0.3, -0.25) is 4.79 Å². The number of rotatable bonds is 3. The molecule has 3 saturated heterocycles. The normalized spacial score (nSPS) is 44.5. The van der Waals surface area contributed by atoms with E-state index >= 15 is 0 Å². The molecule has 9 nitrogen and oxygen atoms in total. The van der Waals surface area contributed by atoms with Gasteiger partial charge in [0.15, 0.2) is 5.79 Å². The first-order valence-electron chi connectivity index (χ1n) is 16.8. The highest BCUT2D eigenvalue weighted by molar-refractivity contribution is 5.88. The fourth-order valence-corrected chi connectivity index (χ4v) is 7.94. The van der Waals surface area contributed by atoms with Crippen LogP contribution in [0.15, 0.2) is 63.9 Å². The van der Waals surface area contributed by atoms with Crippen molar-refractivity contribution in [3.05, 3.63) is 58.7 Å². The Hall–Kier alpha value is -2.56. The van der Waals surface area contributed by atoms with Crippen molar-refractivity contribution >= 4 is 11.7 Å². The number of aliphatic hydroxyl groups excluding tert-OH is 1. The predicted molar refractivity (Wildman–Crippen MR) is 176 cm³/mol. The molecule has 0 saturated carbocycles. The van der Waals surface area contributed by atoms with Crippen LogP contribution < -0.4 is 0 Å². The van der Waals surface area contributed by atoms with Crippen molar-refractivity contribution in [2.45, 2.75) is 122 Å². The molecule has 4 heterocycles. The summed E-state index contributed by atoms with van der Waals surface area (Å²) in [4.78, 5) is 19.4. The van der Waals surface area contributed by atoms with Gasteiger partial charge >= 0.3 is 5.97 Å². The Bertz CT molecular complexity index is 1340. The monoisotopic (exact) mass is 639 g/mol. The van der Waals surface area contributed by atoms with Gasteiger partial charge in [0.2, 0.25) is 0 Å². The molecule has 10 atom stereocenters. The molecule has 3 fully saturated rings. The highest BCUT2D eigenvalue weighted by Gasteiger charge is 2.60. The van der Waals surface area contributed by atoms with Gasteiger partial charge in [0.25, 0.3) is 0 Å². The van der Waals surface area contributed by atoms with E-state index in [1.165, 1.54) is 5.57 Å². The summed E-state index contributed by atoms with van der Waals surface area (Å²) in [5.41, 5.74) is 2.54. The number of nitrogens with zero attached hydrogens (tertiary/aromatic N) is 1. The second-order valence-corrected chi connectivity index (χ2v) is 14.5. The number of ether oxygens (including phenoxy) is 4. The van der Waals surface area contributed by atoms with Crippen molar-refractivity contribution in [2.75, 3.05) is 13.7 Å². The van der Waals surface area contributed by atoms with E-state index in [0.29, 0.717) is 42.7 Å². The lowest BCUT2D eigenvalue weighted by atomic mass is 9.71. The van der Waals surface area contributed by atoms with Crippen molar-refractivity contribution in [2.24, 2.45) is 28.8 Å². The lowest BCUT2D eigenvalue weighted by molar-refractivity contribution is -0.313. The smallest absolute Gasteiger partial charge is 0.316 e. The molecule has 1 unspecified atom stereocenters. The van der Waals surface area contributed by atoms with E-state index in [1.807, 2.05) is 12.2 Å². The Morgan fingerprint density at radius 1 is 1.20 bits per heavy atom. The van der Waals surface area contributed by atoms with Gasteiger partial charge in [-0.2, -0.15) is 0 Å². The quantitative estimate of drug-likeness (QED) is 0.229. The molecule has 0 amide bonds. The van der Waals surface area contributed by atoms with Crippen LogP contribution in [0.2, 0.25) is 0 Å². The molecule has 0 aromatic rings. The van der Waals surface area contributed by atoms with Crippen LogP contribution in [0.4, 0.5) is 0 Å². The third kappa shape index (κ3) is 6.99. The summed E-state index contributed by atoms with van der Waals surface area (Å²) in [5, 5.41) is 27.6. The van der Waals surface area contributed by atoms with Crippen molar-refractivity contribution in [3.63, 3.8) is 0 Å². The second-order valence-electron chi connectivity index (χ2n) is 14.5. The molecule has 0 radical (unpaired) electrons. The molecule has 4 aliphatic heterocycles. The fraction of sp³-hybridized carbons (Fsp3) is 0.676. The maximum atomic E-state index is 14.2. The number of hydrogen-bond donors (Lipinski definition) is 2. The summed E-state index contributed by atoms with van der Waals surface area (Å²) in [6.45, 7) is 14.6. The topological polar surface area (TPSA) is 116 Å². The van der Waals surface area contributed by atoms with E-state index in [9.17, 15) is 15.0 Å². The molecule has 46 heavy (non-hydrogen) atoms. The summed E-state index contributed by atoms with van der Waals surface area (Å²) >= 11 is 0. The molecule has 1 aliphatic carbocycles. The highest BCUT2D eigenvalue weighted by Crippen LogP contribution is 2.47. The van der Waals surface area contributed by atoms with Gasteiger partial charge in [-0.25, -0.2) is 0 Å². The Morgan fingerprint density at radius 3 is 2.67 bits per heavy atom. The Morgan fingerprint density at radius 2 is 1.96 bits per heavy atom. The maximum absolute atomic E-state index is 14.2. The Balaban J connectivity index is 1.55. The van der Waals surface area contributed by atoms with Gasteiger partial charge in [0.1, 0.15) is 36.9 Å². The molecule has 0 aromatic heterocycles. The van der Waals surface area contributed by atoms with E-state index in [0.717, 1.165) is 17.7 Å². The second kappa shape index (κ2) is 13.9. The first-order chi connectivity index (χ1) is 21.8. The van der Waals surface area contributed by atoms with Gasteiger partial charge in [-0.1, -0.05) is 74.9 Å². The summed E-state index contributed by atoms with van der Waals surface area (Å²) < 4.78 is 26.0. The molecule has 9 heteroatoms. The molecular formula is C37H53NO8. The zero-order valence-electron chi connectivity index (χ0n) is 28.7. The average Bonchev–Trinajstić information content (AvgIpc) is 3.31. The number of carbonyl (C=O) groups is 1. The highest BCUT2D eigenvalue weighted by atomic mass is 16.7. The van der Waals surface area contributed by atoms with E-state index < -0.39 is 41.6 Å². The van der Waals surface area contributed by atoms with Gasteiger partial charge in [-0.15, -0.1) is 0 Å². The zero-order valence-corrected chi connectivity index (χ0v) is 28.7. The number of oxime groups is 1. The van der Waals surface area contributed by atoms with Crippen molar-refractivity contribution < 1.29 is 38.8 Å². The average molecular weight is 640 g/mol. The standard InChI is InChI=1S/C37H53NO8/c1-21(2)14-25(6)33-26(7)31(38-42-8)19-36(46-33)18-29-17-28(45-36)13-12-23(4)15-22(3)10-9-11-27-20-43-34-32(39)24(5)16-30(35(40)44-29)37(27,34)41/h9-12,14,16,21-22,26,28-30,32-34,39,41H,13,15,17-20H2,1-8H3/b10-9+,23-12+,25-14+,27-11+,38-31-/t22-,26-,28+,29-,30-,32+,33+,34+,36-,37?/m0/s1. The molecule has 5 aliphatic rings. The lowest BCUT2D eigenvalue weighted by Crippen LogP contribution is -2.59. The minimum absolute atomic E-state index is 0.0340. The summed E-state index contributed by atoms with van der Waals surface area (Å²) in [6.07, 6.45) is 11.4. The first kappa shape index (κ1) is 34.8. The SMILES string of the molecule is CO/N=C1/C[C@]2(C[C@@H]3C[C@@H](C/C=C(\C)C[C@@H](C)/C=C/C=C4\CO[C@@H]5[C@H](O)C(C)=C[C@@H](C(=O)O3)C45O)O2)O[C@H](/C(C)=C/C(C)C)[C@H]1C. The van der Waals surface area contributed by atoms with Crippen LogP contribution in [0.5, 0.6) is 0 Å². The van der Waals surface area contributed by atoms with Gasteiger partial charge in [0.05, 0.1) is 24.5 Å². The lowest BCUT2D eigenvalue weighted by Gasteiger charge is -2.50. The summed E-state index contributed by atoms with van der Waals surface area (Å²) in [7, 11) is 1.55. The Kier molecular flexibility index (Phi) is 10.5. The number of hydrogen-bond acceptors (Lipinski definition) is 9. The van der Waals surface area contributed by atoms with Gasteiger partial charge < -0.3 is 34.0 Å². The minimum Gasteiger partial charge on any atom is -0.462 e. The van der Waals surface area contributed by atoms with E-state index in [-0.39, 0.29) is 30.7 Å². The van der Waals surface area contributed by atoms with Crippen molar-refractivity contribution in [1.82, 2.24) is 0 Å². The van der Waals surface area contributed by atoms with Crippen molar-refractivity contribution in [3.8, 4) is 0 Å². The molecule has 254 valence electrons. The third-order valence-corrected chi connectivity index (χ3v) is 10.1. The van der Waals surface area contributed by atoms with Crippen LogP contribution in [0.1, 0.15) is 80.6 Å².